The number of ether oxygens (including phenoxy) is 1. The van der Waals surface area contributed by atoms with Crippen molar-refractivity contribution in [3.05, 3.63) is 46.7 Å². The number of carbonyl (C=O) groups excluding carboxylic acids is 1. The number of nitrogens with zero attached hydrogens (tertiary/aromatic N) is 1. The van der Waals surface area contributed by atoms with Crippen molar-refractivity contribution in [2.24, 2.45) is 0 Å². The van der Waals surface area contributed by atoms with Gasteiger partial charge in [-0.1, -0.05) is 6.07 Å². The lowest BCUT2D eigenvalue weighted by Crippen LogP contribution is -2.15. The van der Waals surface area contributed by atoms with Gasteiger partial charge in [0.2, 0.25) is 0 Å². The molecule has 98 valence electrons. The molecule has 1 heterocycles. The van der Waals surface area contributed by atoms with Gasteiger partial charge in [-0.15, -0.1) is 0 Å². The number of amides is 1. The summed E-state index contributed by atoms with van der Waals surface area (Å²) < 4.78 is 5.84. The summed E-state index contributed by atoms with van der Waals surface area (Å²) in [5.74, 6) is 0.101. The summed E-state index contributed by atoms with van der Waals surface area (Å²) in [6, 6.07) is 6.76. The van der Waals surface area contributed by atoms with E-state index in [9.17, 15) is 4.79 Å². The summed E-state index contributed by atoms with van der Waals surface area (Å²) in [4.78, 5) is 16.2. The van der Waals surface area contributed by atoms with Crippen molar-refractivity contribution in [2.75, 3.05) is 18.2 Å². The summed E-state index contributed by atoms with van der Waals surface area (Å²) in [5, 5.41) is 2.76. The van der Waals surface area contributed by atoms with Crippen LogP contribution < -0.4 is 15.8 Å². The SMILES string of the molecule is COc1cccc(N)c1C(=O)Nc1ccncc1Br. The zero-order chi connectivity index (χ0) is 13.8. The van der Waals surface area contributed by atoms with Crippen molar-refractivity contribution in [2.45, 2.75) is 0 Å². The lowest BCUT2D eigenvalue weighted by atomic mass is 10.1. The van der Waals surface area contributed by atoms with Crippen molar-refractivity contribution in [1.82, 2.24) is 4.98 Å². The molecule has 0 aliphatic heterocycles. The predicted molar refractivity (Wildman–Crippen MR) is 77.3 cm³/mol. The summed E-state index contributed by atoms with van der Waals surface area (Å²) in [6.45, 7) is 0. The van der Waals surface area contributed by atoms with Crippen LogP contribution in [-0.4, -0.2) is 18.0 Å². The number of halogens is 1. The summed E-state index contributed by atoms with van der Waals surface area (Å²) in [7, 11) is 1.49. The van der Waals surface area contributed by atoms with E-state index in [1.807, 2.05) is 0 Å². The first-order chi connectivity index (χ1) is 9.13. The second-order valence-corrected chi connectivity index (χ2v) is 4.59. The molecule has 0 radical (unpaired) electrons. The zero-order valence-corrected chi connectivity index (χ0v) is 11.8. The van der Waals surface area contributed by atoms with Gasteiger partial charge in [-0.2, -0.15) is 0 Å². The maximum Gasteiger partial charge on any atom is 0.261 e. The Morgan fingerprint density at radius 2 is 2.21 bits per heavy atom. The number of methoxy groups -OCH3 is 1. The molecular weight excluding hydrogens is 310 g/mol. The van der Waals surface area contributed by atoms with Gasteiger partial charge in [0.15, 0.2) is 0 Å². The molecule has 0 saturated heterocycles. The van der Waals surface area contributed by atoms with Crippen LogP contribution in [0.25, 0.3) is 0 Å². The number of nitrogens with two attached hydrogens (primary N) is 1. The van der Waals surface area contributed by atoms with Crippen molar-refractivity contribution in [3.63, 3.8) is 0 Å². The van der Waals surface area contributed by atoms with E-state index in [0.717, 1.165) is 0 Å². The van der Waals surface area contributed by atoms with E-state index >= 15 is 0 Å². The molecule has 6 heteroatoms. The second-order valence-electron chi connectivity index (χ2n) is 3.73. The molecule has 19 heavy (non-hydrogen) atoms. The molecule has 0 aliphatic rings. The molecule has 1 aromatic heterocycles. The largest absolute Gasteiger partial charge is 0.496 e. The van der Waals surface area contributed by atoms with E-state index in [4.69, 9.17) is 10.5 Å². The molecule has 0 saturated carbocycles. The smallest absolute Gasteiger partial charge is 0.261 e. The number of rotatable bonds is 3. The first-order valence-corrected chi connectivity index (χ1v) is 6.26. The number of benzene rings is 1. The highest BCUT2D eigenvalue weighted by Crippen LogP contribution is 2.27. The van der Waals surface area contributed by atoms with Crippen LogP contribution in [0.5, 0.6) is 5.75 Å². The van der Waals surface area contributed by atoms with E-state index in [2.05, 4.69) is 26.2 Å². The molecule has 1 amide bonds. The van der Waals surface area contributed by atoms with Crippen molar-refractivity contribution < 1.29 is 9.53 Å². The predicted octanol–water partition coefficient (Wildman–Crippen LogP) is 2.69. The quantitative estimate of drug-likeness (QED) is 0.852. The molecule has 0 aliphatic carbocycles. The minimum atomic E-state index is -0.332. The van der Waals surface area contributed by atoms with Crippen LogP contribution >= 0.6 is 15.9 Å². The highest BCUT2D eigenvalue weighted by atomic mass is 79.9. The van der Waals surface area contributed by atoms with Crippen LogP contribution in [0.1, 0.15) is 10.4 Å². The number of nitrogen functional groups attached to an aromatic ring is 1. The third-order valence-electron chi connectivity index (χ3n) is 2.53. The third-order valence-corrected chi connectivity index (χ3v) is 3.16. The van der Waals surface area contributed by atoms with E-state index in [0.29, 0.717) is 27.2 Å². The fourth-order valence-corrected chi connectivity index (χ4v) is 1.97. The fraction of sp³-hybridized carbons (Fsp3) is 0.0769. The average Bonchev–Trinajstić information content (AvgIpc) is 2.40. The molecule has 5 nitrogen and oxygen atoms in total. The van der Waals surface area contributed by atoms with E-state index in [1.54, 1.807) is 36.7 Å². The zero-order valence-electron chi connectivity index (χ0n) is 10.2. The molecule has 0 spiro atoms. The molecule has 0 fully saturated rings. The molecule has 0 bridgehead atoms. The minimum Gasteiger partial charge on any atom is -0.496 e. The first-order valence-electron chi connectivity index (χ1n) is 5.47. The average molecular weight is 322 g/mol. The molecule has 3 N–H and O–H groups in total. The monoisotopic (exact) mass is 321 g/mol. The number of hydrogen-bond donors (Lipinski definition) is 2. The van der Waals surface area contributed by atoms with Crippen molar-refractivity contribution >= 4 is 33.2 Å². The lowest BCUT2D eigenvalue weighted by molar-refractivity contribution is 0.102. The number of nitrogens with one attached hydrogen (secondary N) is 1. The van der Waals surface area contributed by atoms with Crippen LogP contribution in [-0.2, 0) is 0 Å². The summed E-state index contributed by atoms with van der Waals surface area (Å²) >= 11 is 3.31. The van der Waals surface area contributed by atoms with Gasteiger partial charge >= 0.3 is 0 Å². The van der Waals surface area contributed by atoms with Gasteiger partial charge in [-0.25, -0.2) is 0 Å². The van der Waals surface area contributed by atoms with Gasteiger partial charge in [0, 0.05) is 18.1 Å². The van der Waals surface area contributed by atoms with Crippen LogP contribution in [0, 0.1) is 0 Å². The van der Waals surface area contributed by atoms with Crippen LogP contribution in [0.3, 0.4) is 0 Å². The summed E-state index contributed by atoms with van der Waals surface area (Å²) in [5.41, 5.74) is 7.12. The molecule has 0 atom stereocenters. The van der Waals surface area contributed by atoms with Gasteiger partial charge in [-0.3, -0.25) is 9.78 Å². The standard InChI is InChI=1S/C13H12BrN3O2/c1-19-11-4-2-3-9(15)12(11)13(18)17-10-5-6-16-7-8(10)14/h2-7H,15H2,1H3,(H,16,17,18). The van der Waals surface area contributed by atoms with Crippen LogP contribution in [0.15, 0.2) is 41.1 Å². The van der Waals surface area contributed by atoms with E-state index in [1.165, 1.54) is 7.11 Å². The normalized spacial score (nSPS) is 10.0. The number of anilines is 2. The maximum atomic E-state index is 12.3. The Hall–Kier alpha value is -2.08. The van der Waals surface area contributed by atoms with Gasteiger partial charge in [0.05, 0.1) is 17.3 Å². The highest BCUT2D eigenvalue weighted by Gasteiger charge is 2.16. The number of carbonyl (C=O) groups is 1. The fourth-order valence-electron chi connectivity index (χ4n) is 1.62. The second kappa shape index (κ2) is 5.71. The Morgan fingerprint density at radius 3 is 2.89 bits per heavy atom. The first kappa shape index (κ1) is 13.4. The van der Waals surface area contributed by atoms with Gasteiger partial charge < -0.3 is 15.8 Å². The van der Waals surface area contributed by atoms with Crippen molar-refractivity contribution in [3.8, 4) is 5.75 Å². The van der Waals surface area contributed by atoms with E-state index in [-0.39, 0.29) is 5.91 Å². The minimum absolute atomic E-state index is 0.314. The summed E-state index contributed by atoms with van der Waals surface area (Å²) in [6.07, 6.45) is 3.19. The topological polar surface area (TPSA) is 77.2 Å². The number of hydrogen-bond acceptors (Lipinski definition) is 4. The van der Waals surface area contributed by atoms with E-state index < -0.39 is 0 Å². The number of pyridine rings is 1. The number of aromatic nitrogens is 1. The molecule has 2 rings (SSSR count). The van der Waals surface area contributed by atoms with Gasteiger partial charge in [0.1, 0.15) is 11.3 Å². The van der Waals surface area contributed by atoms with Gasteiger partial charge in [-0.05, 0) is 34.1 Å². The highest BCUT2D eigenvalue weighted by molar-refractivity contribution is 9.10. The molecule has 0 unspecified atom stereocenters. The molecule has 2 aromatic rings. The van der Waals surface area contributed by atoms with Crippen LogP contribution in [0.2, 0.25) is 0 Å². The molecule has 1 aromatic carbocycles. The Balaban J connectivity index is 2.33. The Morgan fingerprint density at radius 1 is 1.42 bits per heavy atom. The third kappa shape index (κ3) is 2.85. The Bertz CT molecular complexity index is 617. The maximum absolute atomic E-state index is 12.3. The van der Waals surface area contributed by atoms with Gasteiger partial charge in [0.25, 0.3) is 5.91 Å². The van der Waals surface area contributed by atoms with Crippen molar-refractivity contribution in [1.29, 1.82) is 0 Å². The molecular formula is C13H12BrN3O2. The lowest BCUT2D eigenvalue weighted by Gasteiger charge is -2.12. The van der Waals surface area contributed by atoms with Crippen LogP contribution in [0.4, 0.5) is 11.4 Å². The Labute approximate surface area is 118 Å². The Kier molecular flexibility index (Phi) is 4.01.